The molecule has 1 aromatic carbocycles. The topological polar surface area (TPSA) is 66.0 Å². The van der Waals surface area contributed by atoms with Crippen molar-refractivity contribution in [3.05, 3.63) is 34.6 Å². The summed E-state index contributed by atoms with van der Waals surface area (Å²) in [5.74, 6) is 0.650. The van der Waals surface area contributed by atoms with E-state index in [0.717, 1.165) is 17.7 Å². The van der Waals surface area contributed by atoms with E-state index in [9.17, 15) is 4.79 Å². The third-order valence-electron chi connectivity index (χ3n) is 5.32. The number of hydrogen-bond acceptors (Lipinski definition) is 4. The van der Waals surface area contributed by atoms with Gasteiger partial charge >= 0.3 is 0 Å². The first-order valence-corrected chi connectivity index (χ1v) is 10.1. The van der Waals surface area contributed by atoms with Crippen LogP contribution in [0.3, 0.4) is 0 Å². The van der Waals surface area contributed by atoms with Gasteiger partial charge in [0.05, 0.1) is 0 Å². The number of nitrogens with one attached hydrogen (secondary N) is 2. The van der Waals surface area contributed by atoms with E-state index in [0.29, 0.717) is 23.2 Å². The molecule has 27 heavy (non-hydrogen) atoms. The van der Waals surface area contributed by atoms with Crippen molar-refractivity contribution in [1.29, 1.82) is 0 Å². The lowest BCUT2D eigenvalue weighted by molar-refractivity contribution is -0.121. The molecule has 1 aromatic heterocycles. The fraction of sp³-hybridized carbons (Fsp3) is 0.550. The molecule has 1 fully saturated rings. The molecular formula is C20H29N5OS. The summed E-state index contributed by atoms with van der Waals surface area (Å²) in [4.78, 5) is 14.8. The van der Waals surface area contributed by atoms with Crippen molar-refractivity contribution in [1.82, 2.24) is 25.0 Å². The van der Waals surface area contributed by atoms with Crippen molar-refractivity contribution in [3.63, 3.8) is 0 Å². The Labute approximate surface area is 166 Å². The minimum atomic E-state index is -0.0431. The molecule has 0 radical (unpaired) electrons. The van der Waals surface area contributed by atoms with Gasteiger partial charge in [0, 0.05) is 24.7 Å². The summed E-state index contributed by atoms with van der Waals surface area (Å²) in [6.07, 6.45) is 6.54. The van der Waals surface area contributed by atoms with Gasteiger partial charge < -0.3 is 10.2 Å². The zero-order valence-electron chi connectivity index (χ0n) is 16.2. The van der Waals surface area contributed by atoms with Crippen LogP contribution < -0.4 is 5.32 Å². The van der Waals surface area contributed by atoms with Crippen molar-refractivity contribution in [3.8, 4) is 11.4 Å². The second kappa shape index (κ2) is 9.28. The first-order valence-electron chi connectivity index (χ1n) is 9.74. The maximum absolute atomic E-state index is 12.4. The van der Waals surface area contributed by atoms with Gasteiger partial charge in [-0.05, 0) is 45.1 Å². The first kappa shape index (κ1) is 19.8. The van der Waals surface area contributed by atoms with Crippen LogP contribution in [-0.2, 0) is 11.3 Å². The number of aryl methyl sites for hydroxylation is 1. The second-order valence-corrected chi connectivity index (χ2v) is 7.82. The van der Waals surface area contributed by atoms with Gasteiger partial charge in [-0.25, -0.2) is 0 Å². The van der Waals surface area contributed by atoms with Crippen LogP contribution in [0.25, 0.3) is 11.4 Å². The molecule has 3 rings (SSSR count). The summed E-state index contributed by atoms with van der Waals surface area (Å²) in [7, 11) is 2.16. The Bertz CT molecular complexity index is 822. The molecule has 2 N–H and O–H groups in total. The molecule has 146 valence electrons. The zero-order chi connectivity index (χ0) is 19.2. The fourth-order valence-electron chi connectivity index (χ4n) is 3.74. The third kappa shape index (κ3) is 5.26. The van der Waals surface area contributed by atoms with E-state index in [-0.39, 0.29) is 12.5 Å². The van der Waals surface area contributed by atoms with Crippen LogP contribution in [0.2, 0.25) is 0 Å². The van der Waals surface area contributed by atoms with Gasteiger partial charge in [-0.1, -0.05) is 43.0 Å². The Kier molecular flexibility index (Phi) is 6.79. The lowest BCUT2D eigenvalue weighted by Gasteiger charge is -2.31. The standard InChI is InChI=1S/C20H29N5OS/c1-15-7-6-8-16(13-15)19-22-23-20(27)25(19)14-18(26)21-11-12-24(2)17-9-4-3-5-10-17/h6-8,13,17H,3-5,9-12,14H2,1-2H3,(H,21,26)(H,23,27). The number of likely N-dealkylation sites (N-methyl/N-ethyl adjacent to an activating group) is 1. The van der Waals surface area contributed by atoms with E-state index in [2.05, 4.69) is 27.5 Å². The van der Waals surface area contributed by atoms with Crippen LogP contribution in [-0.4, -0.2) is 51.8 Å². The van der Waals surface area contributed by atoms with E-state index in [1.165, 1.54) is 32.1 Å². The Morgan fingerprint density at radius 1 is 1.37 bits per heavy atom. The molecule has 1 amide bonds. The number of carbonyl (C=O) groups excluding carboxylic acids is 1. The highest BCUT2D eigenvalue weighted by molar-refractivity contribution is 7.71. The largest absolute Gasteiger partial charge is 0.353 e. The van der Waals surface area contributed by atoms with Crippen LogP contribution in [0.5, 0.6) is 0 Å². The molecule has 0 bridgehead atoms. The van der Waals surface area contributed by atoms with Gasteiger partial charge in [0.1, 0.15) is 6.54 Å². The first-order chi connectivity index (χ1) is 13.0. The average Bonchev–Trinajstić information content (AvgIpc) is 3.03. The average molecular weight is 388 g/mol. The van der Waals surface area contributed by atoms with Gasteiger partial charge in [0.2, 0.25) is 5.91 Å². The van der Waals surface area contributed by atoms with E-state index >= 15 is 0 Å². The van der Waals surface area contributed by atoms with E-state index < -0.39 is 0 Å². The minimum absolute atomic E-state index is 0.0431. The lowest BCUT2D eigenvalue weighted by atomic mass is 9.94. The van der Waals surface area contributed by atoms with Gasteiger partial charge in [-0.2, -0.15) is 5.10 Å². The molecular weight excluding hydrogens is 358 g/mol. The molecule has 0 spiro atoms. The maximum Gasteiger partial charge on any atom is 0.240 e. The number of aromatic nitrogens is 3. The number of hydrogen-bond donors (Lipinski definition) is 2. The molecule has 0 saturated heterocycles. The number of H-pyrrole nitrogens is 1. The van der Waals surface area contributed by atoms with E-state index in [1.807, 2.05) is 31.2 Å². The summed E-state index contributed by atoms with van der Waals surface area (Å²) in [6.45, 7) is 3.73. The van der Waals surface area contributed by atoms with Crippen LogP contribution in [0.4, 0.5) is 0 Å². The molecule has 1 saturated carbocycles. The predicted molar refractivity (Wildman–Crippen MR) is 110 cm³/mol. The van der Waals surface area contributed by atoms with Gasteiger partial charge in [-0.15, -0.1) is 0 Å². The van der Waals surface area contributed by atoms with E-state index in [4.69, 9.17) is 12.2 Å². The van der Waals surface area contributed by atoms with Crippen LogP contribution >= 0.6 is 12.2 Å². The number of amides is 1. The summed E-state index contributed by atoms with van der Waals surface area (Å²) < 4.78 is 2.21. The molecule has 1 aliphatic carbocycles. The third-order valence-corrected chi connectivity index (χ3v) is 5.63. The quantitative estimate of drug-likeness (QED) is 0.716. The monoisotopic (exact) mass is 387 g/mol. The van der Waals surface area contributed by atoms with Crippen LogP contribution in [0.15, 0.2) is 24.3 Å². The number of carbonyl (C=O) groups is 1. The number of rotatable bonds is 7. The molecule has 0 atom stereocenters. The Hall–Kier alpha value is -1.99. The van der Waals surface area contributed by atoms with E-state index in [1.54, 1.807) is 4.57 Å². The van der Waals surface area contributed by atoms with Crippen LogP contribution in [0, 0.1) is 11.7 Å². The summed E-state index contributed by atoms with van der Waals surface area (Å²) in [5.41, 5.74) is 2.09. The minimum Gasteiger partial charge on any atom is -0.353 e. The molecule has 6 nitrogen and oxygen atoms in total. The van der Waals surface area contributed by atoms with Crippen molar-refractivity contribution < 1.29 is 4.79 Å². The fourth-order valence-corrected chi connectivity index (χ4v) is 3.94. The number of aromatic amines is 1. The predicted octanol–water partition coefficient (Wildman–Crippen LogP) is 3.30. The van der Waals surface area contributed by atoms with Gasteiger partial charge in [-0.3, -0.25) is 14.5 Å². The Morgan fingerprint density at radius 2 is 2.15 bits per heavy atom. The van der Waals surface area contributed by atoms with Gasteiger partial charge in [0.15, 0.2) is 10.6 Å². The Morgan fingerprint density at radius 3 is 2.89 bits per heavy atom. The molecule has 7 heteroatoms. The van der Waals surface area contributed by atoms with Crippen LogP contribution in [0.1, 0.15) is 37.7 Å². The summed E-state index contributed by atoms with van der Waals surface area (Å²) in [6, 6.07) is 8.69. The maximum atomic E-state index is 12.4. The van der Waals surface area contributed by atoms with Crippen molar-refractivity contribution in [2.24, 2.45) is 0 Å². The molecule has 1 aliphatic rings. The second-order valence-electron chi connectivity index (χ2n) is 7.43. The molecule has 2 aromatic rings. The van der Waals surface area contributed by atoms with Crippen molar-refractivity contribution >= 4 is 18.1 Å². The van der Waals surface area contributed by atoms with Crippen molar-refractivity contribution in [2.75, 3.05) is 20.1 Å². The summed E-state index contributed by atoms with van der Waals surface area (Å²) in [5, 5.41) is 10.1. The van der Waals surface area contributed by atoms with Gasteiger partial charge in [0.25, 0.3) is 0 Å². The number of nitrogens with zero attached hydrogens (tertiary/aromatic N) is 3. The normalized spacial score (nSPS) is 15.2. The SMILES string of the molecule is Cc1cccc(-c2n[nH]c(=S)n2CC(=O)NCCN(C)C2CCCCC2)c1. The zero-order valence-corrected chi connectivity index (χ0v) is 17.0. The number of benzene rings is 1. The highest BCUT2D eigenvalue weighted by Crippen LogP contribution is 2.21. The molecule has 0 unspecified atom stereocenters. The smallest absolute Gasteiger partial charge is 0.240 e. The Balaban J connectivity index is 1.55. The summed E-state index contributed by atoms with van der Waals surface area (Å²) >= 11 is 5.32. The van der Waals surface area contributed by atoms with Crippen molar-refractivity contribution in [2.45, 2.75) is 51.6 Å². The highest BCUT2D eigenvalue weighted by atomic mass is 32.1. The highest BCUT2D eigenvalue weighted by Gasteiger charge is 2.18. The lowest BCUT2D eigenvalue weighted by Crippen LogP contribution is -2.40. The molecule has 0 aliphatic heterocycles. The molecule has 1 heterocycles.